The highest BCUT2D eigenvalue weighted by Gasteiger charge is 2.08. The van der Waals surface area contributed by atoms with Gasteiger partial charge in [0.15, 0.2) is 5.43 Å². The summed E-state index contributed by atoms with van der Waals surface area (Å²) in [6, 6.07) is 13.0. The molecule has 0 atom stereocenters. The van der Waals surface area contributed by atoms with Crippen molar-refractivity contribution in [3.8, 4) is 5.88 Å². The third kappa shape index (κ3) is 2.28. The summed E-state index contributed by atoms with van der Waals surface area (Å²) in [5.74, 6) is 0.543. The topological polar surface area (TPSA) is 55.0 Å². The summed E-state index contributed by atoms with van der Waals surface area (Å²) >= 11 is 0. The number of aromatic nitrogens is 2. The average Bonchev–Trinajstić information content (AvgIpc) is 2.50. The number of aromatic amines is 1. The maximum absolute atomic E-state index is 12.3. The minimum atomic E-state index is 0.0407. The van der Waals surface area contributed by atoms with Gasteiger partial charge in [-0.25, -0.2) is 4.98 Å². The molecule has 100 valence electrons. The zero-order valence-corrected chi connectivity index (χ0v) is 11.1. The molecular weight excluding hydrogens is 252 g/mol. The summed E-state index contributed by atoms with van der Waals surface area (Å²) in [5.41, 5.74) is 2.32. The molecule has 0 unspecified atom stereocenters. The fourth-order valence-corrected chi connectivity index (χ4v) is 2.11. The predicted molar refractivity (Wildman–Crippen MR) is 77.9 cm³/mol. The number of ether oxygens (including phenoxy) is 1. The lowest BCUT2D eigenvalue weighted by molar-refractivity contribution is 0.289. The first-order chi connectivity index (χ1) is 9.75. The Morgan fingerprint density at radius 1 is 1.15 bits per heavy atom. The quantitative estimate of drug-likeness (QED) is 0.793. The van der Waals surface area contributed by atoms with E-state index in [9.17, 15) is 4.79 Å². The Morgan fingerprint density at radius 2 is 1.95 bits per heavy atom. The summed E-state index contributed by atoms with van der Waals surface area (Å²) in [7, 11) is 0. The molecular formula is C16H14N2O2. The molecule has 3 rings (SSSR count). The summed E-state index contributed by atoms with van der Waals surface area (Å²) in [6.07, 6.45) is 1.67. The molecule has 0 fully saturated rings. The fourth-order valence-electron chi connectivity index (χ4n) is 2.11. The van der Waals surface area contributed by atoms with Gasteiger partial charge in [-0.05, 0) is 25.1 Å². The van der Waals surface area contributed by atoms with Gasteiger partial charge in [0.05, 0.1) is 5.69 Å². The second-order valence-electron chi connectivity index (χ2n) is 4.56. The highest BCUT2D eigenvalue weighted by atomic mass is 16.5. The van der Waals surface area contributed by atoms with E-state index in [2.05, 4.69) is 9.97 Å². The van der Waals surface area contributed by atoms with Gasteiger partial charge < -0.3 is 9.72 Å². The number of H-pyrrole nitrogens is 1. The summed E-state index contributed by atoms with van der Waals surface area (Å²) in [6.45, 7) is 2.10. The monoisotopic (exact) mass is 266 g/mol. The molecule has 20 heavy (non-hydrogen) atoms. The third-order valence-electron chi connectivity index (χ3n) is 3.25. The minimum Gasteiger partial charge on any atom is -0.471 e. The van der Waals surface area contributed by atoms with Gasteiger partial charge in [0.2, 0.25) is 5.88 Å². The highest BCUT2D eigenvalue weighted by molar-refractivity contribution is 5.79. The molecule has 1 N–H and O–H groups in total. The summed E-state index contributed by atoms with van der Waals surface area (Å²) < 4.78 is 5.60. The standard InChI is InChI=1S/C16H14N2O2/c1-11-14(10-20-15-8-4-5-9-17-15)18-13-7-3-2-6-12(13)16(11)19/h2-9H,10H2,1H3,(H,18,19). The van der Waals surface area contributed by atoms with Crippen LogP contribution in [0.4, 0.5) is 0 Å². The van der Waals surface area contributed by atoms with Crippen molar-refractivity contribution in [3.05, 3.63) is 70.1 Å². The van der Waals surface area contributed by atoms with Gasteiger partial charge in [-0.2, -0.15) is 0 Å². The van der Waals surface area contributed by atoms with E-state index in [0.29, 0.717) is 23.4 Å². The second kappa shape index (κ2) is 5.17. The third-order valence-corrected chi connectivity index (χ3v) is 3.25. The van der Waals surface area contributed by atoms with Crippen LogP contribution in [0.1, 0.15) is 11.3 Å². The van der Waals surface area contributed by atoms with Crippen LogP contribution in [0.3, 0.4) is 0 Å². The van der Waals surface area contributed by atoms with Crippen molar-refractivity contribution in [1.29, 1.82) is 0 Å². The number of nitrogens with zero attached hydrogens (tertiary/aromatic N) is 1. The zero-order chi connectivity index (χ0) is 13.9. The number of rotatable bonds is 3. The maximum atomic E-state index is 12.3. The number of pyridine rings is 2. The Labute approximate surface area is 116 Å². The van der Waals surface area contributed by atoms with Gasteiger partial charge in [-0.1, -0.05) is 18.2 Å². The molecule has 3 aromatic rings. The minimum absolute atomic E-state index is 0.0407. The van der Waals surface area contributed by atoms with Crippen LogP contribution in [0, 0.1) is 6.92 Å². The van der Waals surface area contributed by atoms with Crippen LogP contribution in [0.25, 0.3) is 10.9 Å². The molecule has 0 saturated carbocycles. The lowest BCUT2D eigenvalue weighted by Gasteiger charge is -2.09. The van der Waals surface area contributed by atoms with Crippen molar-refractivity contribution in [3.63, 3.8) is 0 Å². The van der Waals surface area contributed by atoms with Crippen LogP contribution < -0.4 is 10.2 Å². The van der Waals surface area contributed by atoms with E-state index in [1.165, 1.54) is 0 Å². The van der Waals surface area contributed by atoms with E-state index in [1.54, 1.807) is 12.3 Å². The lowest BCUT2D eigenvalue weighted by Crippen LogP contribution is -2.13. The molecule has 0 bridgehead atoms. The smallest absolute Gasteiger partial charge is 0.213 e. The second-order valence-corrected chi connectivity index (χ2v) is 4.56. The van der Waals surface area contributed by atoms with E-state index >= 15 is 0 Å². The van der Waals surface area contributed by atoms with Crippen molar-refractivity contribution < 1.29 is 4.74 Å². The first-order valence-electron chi connectivity index (χ1n) is 6.40. The molecule has 0 aliphatic carbocycles. The molecule has 0 aliphatic rings. The van der Waals surface area contributed by atoms with Gasteiger partial charge in [0.25, 0.3) is 0 Å². The van der Waals surface area contributed by atoms with Crippen LogP contribution in [-0.2, 0) is 6.61 Å². The van der Waals surface area contributed by atoms with Gasteiger partial charge in [0, 0.05) is 28.7 Å². The molecule has 0 saturated heterocycles. The normalized spacial score (nSPS) is 10.7. The van der Waals surface area contributed by atoms with E-state index in [0.717, 1.165) is 11.2 Å². The van der Waals surface area contributed by atoms with E-state index in [4.69, 9.17) is 4.74 Å². The predicted octanol–water partition coefficient (Wildman–Crippen LogP) is 2.81. The number of para-hydroxylation sites is 1. The Hall–Kier alpha value is -2.62. The largest absolute Gasteiger partial charge is 0.471 e. The molecule has 2 heterocycles. The molecule has 1 aromatic carbocycles. The molecule has 4 nitrogen and oxygen atoms in total. The van der Waals surface area contributed by atoms with E-state index in [-0.39, 0.29) is 5.43 Å². The fraction of sp³-hybridized carbons (Fsp3) is 0.125. The number of benzene rings is 1. The maximum Gasteiger partial charge on any atom is 0.213 e. The first-order valence-corrected chi connectivity index (χ1v) is 6.40. The first kappa shape index (κ1) is 12.4. The van der Waals surface area contributed by atoms with Crippen molar-refractivity contribution in [2.75, 3.05) is 0 Å². The molecule has 4 heteroatoms. The van der Waals surface area contributed by atoms with Crippen molar-refractivity contribution in [1.82, 2.24) is 9.97 Å². The summed E-state index contributed by atoms with van der Waals surface area (Å²) in [5, 5.41) is 0.701. The Balaban J connectivity index is 1.96. The van der Waals surface area contributed by atoms with Crippen LogP contribution >= 0.6 is 0 Å². The van der Waals surface area contributed by atoms with Crippen molar-refractivity contribution in [2.45, 2.75) is 13.5 Å². The molecule has 2 aromatic heterocycles. The Kier molecular flexibility index (Phi) is 3.21. The summed E-state index contributed by atoms with van der Waals surface area (Å²) in [4.78, 5) is 19.6. The molecule has 0 aliphatic heterocycles. The number of fused-ring (bicyclic) bond motifs is 1. The number of hydrogen-bond donors (Lipinski definition) is 1. The average molecular weight is 266 g/mol. The Bertz CT molecular complexity index is 794. The zero-order valence-electron chi connectivity index (χ0n) is 11.1. The van der Waals surface area contributed by atoms with Crippen LogP contribution in [0.5, 0.6) is 5.88 Å². The van der Waals surface area contributed by atoms with Crippen LogP contribution in [0.2, 0.25) is 0 Å². The van der Waals surface area contributed by atoms with Crippen LogP contribution in [-0.4, -0.2) is 9.97 Å². The lowest BCUT2D eigenvalue weighted by atomic mass is 10.1. The van der Waals surface area contributed by atoms with E-state index in [1.807, 2.05) is 43.3 Å². The van der Waals surface area contributed by atoms with Gasteiger partial charge >= 0.3 is 0 Å². The molecule has 0 amide bonds. The Morgan fingerprint density at radius 3 is 2.75 bits per heavy atom. The van der Waals surface area contributed by atoms with Gasteiger partial charge in [0.1, 0.15) is 6.61 Å². The molecule has 0 spiro atoms. The number of nitrogens with one attached hydrogen (secondary N) is 1. The van der Waals surface area contributed by atoms with Gasteiger partial charge in [-0.3, -0.25) is 4.79 Å². The SMILES string of the molecule is Cc1c(COc2ccccn2)[nH]c2ccccc2c1=O. The van der Waals surface area contributed by atoms with Gasteiger partial charge in [-0.15, -0.1) is 0 Å². The van der Waals surface area contributed by atoms with Crippen molar-refractivity contribution >= 4 is 10.9 Å². The van der Waals surface area contributed by atoms with E-state index < -0.39 is 0 Å². The highest BCUT2D eigenvalue weighted by Crippen LogP contribution is 2.13. The van der Waals surface area contributed by atoms with Crippen LogP contribution in [0.15, 0.2) is 53.5 Å². The molecule has 0 radical (unpaired) electrons. The number of hydrogen-bond acceptors (Lipinski definition) is 3. The van der Waals surface area contributed by atoms with Crippen molar-refractivity contribution in [2.24, 2.45) is 0 Å².